The number of ketones is 1. The summed E-state index contributed by atoms with van der Waals surface area (Å²) in [5, 5.41) is 11.7. The molecule has 0 bridgehead atoms. The summed E-state index contributed by atoms with van der Waals surface area (Å²) in [5.41, 5.74) is 3.62. The summed E-state index contributed by atoms with van der Waals surface area (Å²) < 4.78 is 17.2. The minimum absolute atomic E-state index is 0.0345. The highest BCUT2D eigenvalue weighted by Gasteiger charge is 2.47. The monoisotopic (exact) mass is 555 g/mol. The number of carbonyl (C=O) groups excluding carboxylic acids is 2. The molecule has 5 rings (SSSR count). The summed E-state index contributed by atoms with van der Waals surface area (Å²) in [7, 11) is 0. The summed E-state index contributed by atoms with van der Waals surface area (Å²) >= 11 is 0. The number of ether oxygens (including phenoxy) is 3. The Labute approximate surface area is 241 Å². The number of anilines is 1. The van der Waals surface area contributed by atoms with Gasteiger partial charge in [-0.2, -0.15) is 0 Å². The molecule has 0 spiro atoms. The highest BCUT2D eigenvalue weighted by molar-refractivity contribution is 6.51. The van der Waals surface area contributed by atoms with Crippen LogP contribution in [0, 0.1) is 0 Å². The summed E-state index contributed by atoms with van der Waals surface area (Å²) in [6.45, 7) is 13.7. The fourth-order valence-corrected chi connectivity index (χ4v) is 5.35. The van der Waals surface area contributed by atoms with E-state index in [2.05, 4.69) is 20.8 Å². The number of aliphatic hydroxyl groups excluding tert-OH is 1. The first-order valence-corrected chi connectivity index (χ1v) is 14.1. The smallest absolute Gasteiger partial charge is 0.300 e. The number of nitrogens with zero attached hydrogens (tertiary/aromatic N) is 1. The Morgan fingerprint density at radius 3 is 2.29 bits per heavy atom. The van der Waals surface area contributed by atoms with Gasteiger partial charge in [-0.05, 0) is 65.3 Å². The first-order chi connectivity index (χ1) is 19.5. The zero-order valence-corrected chi connectivity index (χ0v) is 24.5. The molecule has 3 aromatic carbocycles. The molecule has 1 fully saturated rings. The molecule has 3 aromatic rings. The summed E-state index contributed by atoms with van der Waals surface area (Å²) in [4.78, 5) is 28.8. The average molecular weight is 556 g/mol. The molecule has 1 atom stereocenters. The molecule has 2 aliphatic rings. The molecule has 0 aliphatic carbocycles. The lowest BCUT2D eigenvalue weighted by molar-refractivity contribution is -0.132. The maximum atomic E-state index is 13.7. The number of benzene rings is 3. The molecule has 2 heterocycles. The Kier molecular flexibility index (Phi) is 7.56. The molecule has 1 saturated heterocycles. The van der Waals surface area contributed by atoms with Crippen molar-refractivity contribution in [1.29, 1.82) is 0 Å². The predicted octanol–water partition coefficient (Wildman–Crippen LogP) is 6.90. The zero-order chi connectivity index (χ0) is 29.5. The van der Waals surface area contributed by atoms with Crippen molar-refractivity contribution >= 4 is 23.1 Å². The van der Waals surface area contributed by atoms with Crippen LogP contribution in [0.5, 0.6) is 17.2 Å². The van der Waals surface area contributed by atoms with Crippen LogP contribution < -0.4 is 19.1 Å². The quantitative estimate of drug-likeness (QED) is 0.202. The molecule has 7 nitrogen and oxygen atoms in total. The van der Waals surface area contributed by atoms with E-state index < -0.39 is 17.7 Å². The van der Waals surface area contributed by atoms with E-state index in [1.807, 2.05) is 51.1 Å². The van der Waals surface area contributed by atoms with Gasteiger partial charge in [-0.25, -0.2) is 0 Å². The molecule has 1 N–H and O–H groups in total. The molecule has 2 aliphatic heterocycles. The standard InChI is InChI=1S/C34H37NO6/c1-7-39-26-14-10-22(18-25(26)20(2)3)31(36)29-30(21-8-11-23(12-9-21)34(4,5)6)35(33(38)32(29)37)24-13-15-27-28(19-24)41-17-16-40-27/h8-15,18-20,30,36H,7,16-17H2,1-6H3/b31-29+. The average Bonchev–Trinajstić information content (AvgIpc) is 3.22. The number of amides is 1. The van der Waals surface area contributed by atoms with Crippen LogP contribution in [-0.2, 0) is 15.0 Å². The van der Waals surface area contributed by atoms with E-state index in [4.69, 9.17) is 14.2 Å². The van der Waals surface area contributed by atoms with Crippen molar-refractivity contribution in [3.63, 3.8) is 0 Å². The van der Waals surface area contributed by atoms with Crippen LogP contribution in [0.3, 0.4) is 0 Å². The van der Waals surface area contributed by atoms with E-state index in [1.54, 1.807) is 30.3 Å². The van der Waals surface area contributed by atoms with Crippen LogP contribution >= 0.6 is 0 Å². The summed E-state index contributed by atoms with van der Waals surface area (Å²) in [6.07, 6.45) is 0. The third kappa shape index (κ3) is 5.29. The van der Waals surface area contributed by atoms with Gasteiger partial charge in [0.05, 0.1) is 18.2 Å². The first-order valence-electron chi connectivity index (χ1n) is 14.1. The lowest BCUT2D eigenvalue weighted by Crippen LogP contribution is -2.29. The van der Waals surface area contributed by atoms with Gasteiger partial charge in [0.15, 0.2) is 11.5 Å². The van der Waals surface area contributed by atoms with Crippen molar-refractivity contribution in [3.8, 4) is 17.2 Å². The Morgan fingerprint density at radius 2 is 1.66 bits per heavy atom. The number of hydrogen-bond donors (Lipinski definition) is 1. The van der Waals surface area contributed by atoms with Crippen LogP contribution in [0.25, 0.3) is 5.76 Å². The van der Waals surface area contributed by atoms with E-state index in [1.165, 1.54) is 4.90 Å². The van der Waals surface area contributed by atoms with Gasteiger partial charge in [0.25, 0.3) is 11.7 Å². The molecular formula is C34H37NO6. The van der Waals surface area contributed by atoms with Crippen LogP contribution in [0.2, 0.25) is 0 Å². The van der Waals surface area contributed by atoms with Crippen molar-refractivity contribution in [2.75, 3.05) is 24.7 Å². The number of hydrogen-bond acceptors (Lipinski definition) is 6. The maximum absolute atomic E-state index is 13.7. The Balaban J connectivity index is 1.69. The second kappa shape index (κ2) is 11.0. The van der Waals surface area contributed by atoms with Gasteiger partial charge in [-0.1, -0.05) is 58.9 Å². The van der Waals surface area contributed by atoms with Crippen molar-refractivity contribution in [1.82, 2.24) is 0 Å². The Hall–Kier alpha value is -4.26. The van der Waals surface area contributed by atoms with Gasteiger partial charge < -0.3 is 19.3 Å². The van der Waals surface area contributed by atoms with Crippen LogP contribution in [0.1, 0.15) is 75.8 Å². The highest BCUT2D eigenvalue weighted by Crippen LogP contribution is 2.45. The Morgan fingerprint density at radius 1 is 0.976 bits per heavy atom. The van der Waals surface area contributed by atoms with Crippen LogP contribution in [0.15, 0.2) is 66.2 Å². The van der Waals surface area contributed by atoms with Crippen molar-refractivity contribution in [2.45, 2.75) is 58.9 Å². The lowest BCUT2D eigenvalue weighted by atomic mass is 9.85. The first kappa shape index (κ1) is 28.3. The predicted molar refractivity (Wildman–Crippen MR) is 159 cm³/mol. The molecule has 0 radical (unpaired) electrons. The highest BCUT2D eigenvalue weighted by atomic mass is 16.6. The van der Waals surface area contributed by atoms with Gasteiger partial charge in [0.2, 0.25) is 0 Å². The van der Waals surface area contributed by atoms with E-state index >= 15 is 0 Å². The number of rotatable bonds is 6. The molecule has 1 amide bonds. The minimum atomic E-state index is -0.847. The fraction of sp³-hybridized carbons (Fsp3) is 0.353. The SMILES string of the molecule is CCOc1ccc(/C(O)=C2\C(=O)C(=O)N(c3ccc4c(c3)OCCO4)C2c2ccc(C(C)(C)C)cc2)cc1C(C)C. The second-order valence-electron chi connectivity index (χ2n) is 11.7. The fourth-order valence-electron chi connectivity index (χ4n) is 5.35. The Bertz CT molecular complexity index is 1510. The molecule has 214 valence electrons. The minimum Gasteiger partial charge on any atom is -0.507 e. The van der Waals surface area contributed by atoms with Gasteiger partial charge in [-0.15, -0.1) is 0 Å². The number of fused-ring (bicyclic) bond motifs is 1. The molecule has 41 heavy (non-hydrogen) atoms. The largest absolute Gasteiger partial charge is 0.507 e. The van der Waals surface area contributed by atoms with Crippen molar-refractivity contribution in [3.05, 3.63) is 88.5 Å². The van der Waals surface area contributed by atoms with Gasteiger partial charge in [0, 0.05) is 17.3 Å². The number of Topliss-reactive ketones (excluding diaryl/α,β-unsaturated/α-hetero) is 1. The third-order valence-corrected chi connectivity index (χ3v) is 7.55. The normalized spacial score (nSPS) is 18.2. The number of carbonyl (C=O) groups is 2. The van der Waals surface area contributed by atoms with E-state index in [9.17, 15) is 14.7 Å². The van der Waals surface area contributed by atoms with E-state index in [0.717, 1.165) is 16.9 Å². The zero-order valence-electron chi connectivity index (χ0n) is 24.5. The van der Waals surface area contributed by atoms with E-state index in [-0.39, 0.29) is 22.7 Å². The molecule has 0 aromatic heterocycles. The van der Waals surface area contributed by atoms with Crippen LogP contribution in [-0.4, -0.2) is 36.6 Å². The lowest BCUT2D eigenvalue weighted by Gasteiger charge is -2.28. The molecular weight excluding hydrogens is 518 g/mol. The second-order valence-corrected chi connectivity index (χ2v) is 11.7. The van der Waals surface area contributed by atoms with Gasteiger partial charge in [0.1, 0.15) is 24.7 Å². The molecule has 0 saturated carbocycles. The molecule has 7 heteroatoms. The topological polar surface area (TPSA) is 85.3 Å². The van der Waals surface area contributed by atoms with Crippen LogP contribution in [0.4, 0.5) is 5.69 Å². The van der Waals surface area contributed by atoms with E-state index in [0.29, 0.717) is 48.1 Å². The van der Waals surface area contributed by atoms with Crippen molar-refractivity contribution < 1.29 is 28.9 Å². The summed E-state index contributed by atoms with van der Waals surface area (Å²) in [5.74, 6) is 0.239. The third-order valence-electron chi connectivity index (χ3n) is 7.55. The number of aliphatic hydroxyl groups is 1. The van der Waals surface area contributed by atoms with Gasteiger partial charge in [-0.3, -0.25) is 14.5 Å². The molecule has 1 unspecified atom stereocenters. The maximum Gasteiger partial charge on any atom is 0.300 e. The van der Waals surface area contributed by atoms with Gasteiger partial charge >= 0.3 is 0 Å². The van der Waals surface area contributed by atoms with Crippen molar-refractivity contribution in [2.24, 2.45) is 0 Å². The summed E-state index contributed by atoms with van der Waals surface area (Å²) in [6, 6.07) is 17.6.